The smallest absolute Gasteiger partial charge is 0.349 e. The first-order valence-corrected chi connectivity index (χ1v) is 23.2. The van der Waals surface area contributed by atoms with Gasteiger partial charge in [0.25, 0.3) is 17.7 Å². The van der Waals surface area contributed by atoms with Crippen LogP contribution in [0.15, 0.2) is 112 Å². The Morgan fingerprint density at radius 3 is 1.68 bits per heavy atom. The molecule has 3 aliphatic rings. The third kappa shape index (κ3) is 7.08. The molecule has 0 aliphatic carbocycles. The molecule has 0 radical (unpaired) electrons. The summed E-state index contributed by atoms with van der Waals surface area (Å²) in [5, 5.41) is 0.658. The van der Waals surface area contributed by atoms with Crippen LogP contribution >= 0.6 is 0 Å². The van der Waals surface area contributed by atoms with Crippen molar-refractivity contribution in [2.75, 3.05) is 90.8 Å². The van der Waals surface area contributed by atoms with Gasteiger partial charge in [0.2, 0.25) is 0 Å². The van der Waals surface area contributed by atoms with E-state index in [2.05, 4.69) is 92.6 Å². The first kappa shape index (κ1) is 43.9. The summed E-state index contributed by atoms with van der Waals surface area (Å²) in [5.74, 6) is 0.249. The second kappa shape index (κ2) is 17.6. The second-order valence-electron chi connectivity index (χ2n) is 16.9. The molecule has 5 aromatic carbocycles. The van der Waals surface area contributed by atoms with Crippen LogP contribution in [0.1, 0.15) is 89.3 Å². The minimum atomic E-state index is -1.22. The summed E-state index contributed by atoms with van der Waals surface area (Å²) in [4.78, 5) is 68.5. The Morgan fingerprint density at radius 2 is 1.12 bits per heavy atom. The molecule has 1 spiro atoms. The third-order valence-corrected chi connectivity index (χ3v) is 13.7. The zero-order valence-corrected chi connectivity index (χ0v) is 38.6. The van der Waals surface area contributed by atoms with Crippen molar-refractivity contribution in [3.63, 3.8) is 0 Å². The van der Waals surface area contributed by atoms with E-state index in [0.29, 0.717) is 50.5 Å². The van der Waals surface area contributed by atoms with E-state index < -0.39 is 17.1 Å². The van der Waals surface area contributed by atoms with Crippen LogP contribution in [0.4, 0.5) is 28.4 Å². The van der Waals surface area contributed by atoms with Gasteiger partial charge in [-0.1, -0.05) is 30.3 Å². The summed E-state index contributed by atoms with van der Waals surface area (Å²) in [5.41, 5.74) is 12.1. The summed E-state index contributed by atoms with van der Waals surface area (Å²) in [6.45, 7) is 18.3. The van der Waals surface area contributed by atoms with Crippen molar-refractivity contribution in [1.82, 2.24) is 9.80 Å². The summed E-state index contributed by atoms with van der Waals surface area (Å²) in [7, 11) is 0. The molecule has 0 bridgehead atoms. The lowest BCUT2D eigenvalue weighted by molar-refractivity contribution is 0.0533. The standard InChI is InChI=1S/C53H57N7O6/c1-7-55(8-2)36-19-17-34-29-40(52(64)66-46(34)31-36)50(62)59-27-25-58(26-28-59)49(61)35-18-22-41-39(30-35)51(63)60(45-16-14-13-15-44(45)54)53(41)42-23-20-37(56(9-3)10-4)32-47(42)65-48-33-38(21-24-43(48)53)57(11-5)12-6/h13-24,29-33H,7-12,25-28,54H2,1-6H3. The van der Waals surface area contributed by atoms with Crippen molar-refractivity contribution in [3.8, 4) is 11.5 Å². The van der Waals surface area contributed by atoms with Gasteiger partial charge in [-0.2, -0.15) is 0 Å². The van der Waals surface area contributed by atoms with Crippen molar-refractivity contribution >= 4 is 57.1 Å². The molecule has 1 saturated heterocycles. The van der Waals surface area contributed by atoms with E-state index in [9.17, 15) is 14.4 Å². The fourth-order valence-corrected chi connectivity index (χ4v) is 10.2. The molecule has 0 unspecified atom stereocenters. The number of nitrogens with two attached hydrogens (primary N) is 1. The molecule has 0 atom stereocenters. The Morgan fingerprint density at radius 1 is 0.606 bits per heavy atom. The van der Waals surface area contributed by atoms with Crippen LogP contribution in [0.2, 0.25) is 0 Å². The highest BCUT2D eigenvalue weighted by Gasteiger charge is 2.57. The van der Waals surface area contributed by atoms with Gasteiger partial charge in [-0.15, -0.1) is 0 Å². The minimum Gasteiger partial charge on any atom is -0.456 e. The van der Waals surface area contributed by atoms with Crippen LogP contribution < -0.4 is 35.7 Å². The Labute approximate surface area is 385 Å². The Balaban J connectivity index is 1.07. The molecular formula is C53H57N7O6. The van der Waals surface area contributed by atoms with E-state index in [0.717, 1.165) is 67.5 Å². The van der Waals surface area contributed by atoms with Gasteiger partial charge in [0.1, 0.15) is 28.2 Å². The number of rotatable bonds is 12. The van der Waals surface area contributed by atoms with Crippen molar-refractivity contribution < 1.29 is 23.5 Å². The van der Waals surface area contributed by atoms with Gasteiger partial charge in [0.15, 0.2) is 0 Å². The van der Waals surface area contributed by atoms with Crippen LogP contribution in [0, 0.1) is 0 Å². The van der Waals surface area contributed by atoms with Gasteiger partial charge in [0, 0.05) is 134 Å². The average molecular weight is 888 g/mol. The van der Waals surface area contributed by atoms with Gasteiger partial charge >= 0.3 is 5.63 Å². The highest BCUT2D eigenvalue weighted by atomic mass is 16.5. The molecule has 13 heteroatoms. The van der Waals surface area contributed by atoms with Crippen molar-refractivity contribution in [1.29, 1.82) is 0 Å². The largest absolute Gasteiger partial charge is 0.456 e. The first-order valence-electron chi connectivity index (χ1n) is 23.2. The Hall–Kier alpha value is -7.28. The summed E-state index contributed by atoms with van der Waals surface area (Å²) in [6.07, 6.45) is 0. The van der Waals surface area contributed by atoms with Crippen LogP contribution in [0.25, 0.3) is 11.0 Å². The lowest BCUT2D eigenvalue weighted by Crippen LogP contribution is -2.51. The number of fused-ring (bicyclic) bond motifs is 7. The Bertz CT molecular complexity index is 2870. The summed E-state index contributed by atoms with van der Waals surface area (Å²) >= 11 is 0. The fraction of sp³-hybridized carbons (Fsp3) is 0.321. The van der Waals surface area contributed by atoms with Crippen molar-refractivity contribution in [3.05, 3.63) is 147 Å². The number of carbonyl (C=O) groups is 3. The number of ether oxygens (including phenoxy) is 1. The third-order valence-electron chi connectivity index (χ3n) is 13.7. The zero-order valence-electron chi connectivity index (χ0n) is 38.6. The maximum Gasteiger partial charge on any atom is 0.349 e. The highest BCUT2D eigenvalue weighted by Crippen LogP contribution is 2.60. The molecule has 6 aromatic rings. The van der Waals surface area contributed by atoms with Crippen LogP contribution in [0.3, 0.4) is 0 Å². The molecule has 3 amide bonds. The number of hydrogen-bond donors (Lipinski definition) is 1. The molecule has 13 nitrogen and oxygen atoms in total. The topological polar surface area (TPSA) is 136 Å². The number of hydrogen-bond acceptors (Lipinski definition) is 10. The van der Waals surface area contributed by atoms with Crippen LogP contribution in [-0.2, 0) is 5.54 Å². The normalized spacial score (nSPS) is 14.8. The van der Waals surface area contributed by atoms with Gasteiger partial charge < -0.3 is 39.4 Å². The first-order chi connectivity index (χ1) is 32.0. The van der Waals surface area contributed by atoms with E-state index in [1.165, 1.54) is 0 Å². The SMILES string of the molecule is CCN(CC)c1ccc2c(c1)Oc1cc(N(CC)CC)ccc1C21c2ccc(C(=O)N3CCN(C(=O)c4cc5ccc(N(CC)CC)cc5oc4=O)CC3)cc2C(=O)N1c1ccccc1N. The van der Waals surface area contributed by atoms with Crippen molar-refractivity contribution in [2.24, 2.45) is 0 Å². The number of nitrogens with zero attached hydrogens (tertiary/aromatic N) is 6. The van der Waals surface area contributed by atoms with Crippen LogP contribution in [0.5, 0.6) is 11.5 Å². The molecule has 1 fully saturated rings. The number of para-hydroxylation sites is 2. The molecular weight excluding hydrogens is 831 g/mol. The molecule has 66 heavy (non-hydrogen) atoms. The highest BCUT2D eigenvalue weighted by molar-refractivity contribution is 6.16. The predicted octanol–water partition coefficient (Wildman–Crippen LogP) is 8.57. The molecule has 340 valence electrons. The van der Waals surface area contributed by atoms with E-state index in [-0.39, 0.29) is 43.6 Å². The van der Waals surface area contributed by atoms with Gasteiger partial charge in [-0.05, 0) is 96.1 Å². The van der Waals surface area contributed by atoms with E-state index in [1.807, 2.05) is 42.5 Å². The number of benzene rings is 5. The summed E-state index contributed by atoms with van der Waals surface area (Å²) < 4.78 is 12.6. The van der Waals surface area contributed by atoms with Gasteiger partial charge in [0.05, 0.1) is 11.4 Å². The molecule has 3 aliphatic heterocycles. The molecule has 9 rings (SSSR count). The monoisotopic (exact) mass is 887 g/mol. The maximum absolute atomic E-state index is 15.4. The summed E-state index contributed by atoms with van der Waals surface area (Å²) in [6, 6.07) is 32.4. The molecule has 0 saturated carbocycles. The van der Waals surface area contributed by atoms with Crippen molar-refractivity contribution in [2.45, 2.75) is 47.1 Å². The minimum absolute atomic E-state index is 0.0441. The number of piperazine rings is 1. The van der Waals surface area contributed by atoms with E-state index >= 15 is 4.79 Å². The lowest BCUT2D eigenvalue weighted by Gasteiger charge is -2.45. The number of anilines is 5. The average Bonchev–Trinajstić information content (AvgIpc) is 3.59. The van der Waals surface area contributed by atoms with E-state index in [1.54, 1.807) is 39.0 Å². The maximum atomic E-state index is 15.4. The molecule has 1 aromatic heterocycles. The number of amides is 3. The zero-order chi connectivity index (χ0) is 46.4. The fourth-order valence-electron chi connectivity index (χ4n) is 10.2. The number of nitrogen functional groups attached to an aromatic ring is 1. The predicted molar refractivity (Wildman–Crippen MR) is 262 cm³/mol. The Kier molecular flexibility index (Phi) is 11.7. The quantitative estimate of drug-likeness (QED) is 0.0941. The molecule has 4 heterocycles. The second-order valence-corrected chi connectivity index (χ2v) is 16.9. The lowest BCUT2D eigenvalue weighted by atomic mass is 9.74. The van der Waals surface area contributed by atoms with E-state index in [4.69, 9.17) is 14.9 Å². The number of carbonyl (C=O) groups excluding carboxylic acids is 3. The van der Waals surface area contributed by atoms with Crippen LogP contribution in [-0.4, -0.2) is 93.0 Å². The molecule has 2 N–H and O–H groups in total. The van der Waals surface area contributed by atoms with Gasteiger partial charge in [-0.3, -0.25) is 19.3 Å². The van der Waals surface area contributed by atoms with Gasteiger partial charge in [-0.25, -0.2) is 4.79 Å².